The molecule has 11 heavy (non-hydrogen) atoms. The number of benzene rings is 1. The summed E-state index contributed by atoms with van der Waals surface area (Å²) in [7, 11) is 0. The first kappa shape index (κ1) is 8.01. The molecule has 0 aromatic heterocycles. The summed E-state index contributed by atoms with van der Waals surface area (Å²) < 4.78 is 12.4. The lowest BCUT2D eigenvalue weighted by Gasteiger charge is -2.15. The molecule has 3 heteroatoms. The van der Waals surface area contributed by atoms with Gasteiger partial charge in [0.1, 0.15) is 5.82 Å². The Labute approximate surface area is 65.4 Å². The van der Waals surface area contributed by atoms with E-state index >= 15 is 0 Å². The van der Waals surface area contributed by atoms with Crippen molar-refractivity contribution in [3.8, 4) is 0 Å². The molecule has 0 atom stereocenters. The van der Waals surface area contributed by atoms with Gasteiger partial charge in [-0.15, -0.1) is 0 Å². The van der Waals surface area contributed by atoms with Gasteiger partial charge in [0.05, 0.1) is 5.69 Å². The number of hydrogen-bond donors (Lipinski definition) is 1. The second-order valence-corrected chi connectivity index (χ2v) is 2.26. The van der Waals surface area contributed by atoms with Crippen LogP contribution in [0.2, 0.25) is 0 Å². The van der Waals surface area contributed by atoms with Crippen molar-refractivity contribution in [3.63, 3.8) is 0 Å². The second kappa shape index (κ2) is 3.34. The van der Waals surface area contributed by atoms with Gasteiger partial charge < -0.3 is 5.01 Å². The fourth-order valence-corrected chi connectivity index (χ4v) is 0.815. The summed E-state index contributed by atoms with van der Waals surface area (Å²) in [4.78, 5) is 0. The van der Waals surface area contributed by atoms with Crippen molar-refractivity contribution in [2.24, 2.45) is 5.84 Å². The monoisotopic (exact) mass is 154 g/mol. The van der Waals surface area contributed by atoms with Crippen LogP contribution in [-0.4, -0.2) is 6.54 Å². The van der Waals surface area contributed by atoms with Crippen LogP contribution in [0.4, 0.5) is 10.1 Å². The maximum Gasteiger partial charge on any atom is 0.123 e. The van der Waals surface area contributed by atoms with E-state index in [-0.39, 0.29) is 5.82 Å². The molecule has 0 saturated heterocycles. The summed E-state index contributed by atoms with van der Waals surface area (Å²) in [5, 5.41) is 1.56. The summed E-state index contributed by atoms with van der Waals surface area (Å²) >= 11 is 0. The topological polar surface area (TPSA) is 29.3 Å². The molecular weight excluding hydrogens is 143 g/mol. The smallest absolute Gasteiger partial charge is 0.123 e. The number of nitrogens with two attached hydrogens (primary N) is 1. The average Bonchev–Trinajstić information content (AvgIpc) is 2.05. The van der Waals surface area contributed by atoms with E-state index in [1.807, 2.05) is 6.92 Å². The molecule has 0 spiro atoms. The highest BCUT2D eigenvalue weighted by Gasteiger charge is 1.96. The van der Waals surface area contributed by atoms with E-state index in [1.54, 1.807) is 17.1 Å². The minimum Gasteiger partial charge on any atom is -0.311 e. The van der Waals surface area contributed by atoms with Crippen molar-refractivity contribution >= 4 is 5.69 Å². The Morgan fingerprint density at radius 1 is 1.36 bits per heavy atom. The van der Waals surface area contributed by atoms with Gasteiger partial charge >= 0.3 is 0 Å². The van der Waals surface area contributed by atoms with Crippen LogP contribution >= 0.6 is 0 Å². The molecule has 2 N–H and O–H groups in total. The minimum absolute atomic E-state index is 0.238. The molecule has 0 bridgehead atoms. The Morgan fingerprint density at radius 3 is 2.36 bits per heavy atom. The van der Waals surface area contributed by atoms with Crippen LogP contribution in [0.25, 0.3) is 0 Å². The van der Waals surface area contributed by atoms with E-state index in [0.717, 1.165) is 5.69 Å². The largest absolute Gasteiger partial charge is 0.311 e. The quantitative estimate of drug-likeness (QED) is 0.517. The lowest BCUT2D eigenvalue weighted by atomic mass is 10.3. The van der Waals surface area contributed by atoms with E-state index in [2.05, 4.69) is 0 Å². The molecule has 0 heterocycles. The molecule has 1 rings (SSSR count). The number of halogens is 1. The van der Waals surface area contributed by atoms with Gasteiger partial charge in [0.2, 0.25) is 0 Å². The van der Waals surface area contributed by atoms with Crippen LogP contribution in [0.15, 0.2) is 24.3 Å². The molecule has 0 amide bonds. The Hall–Kier alpha value is -1.09. The molecule has 60 valence electrons. The van der Waals surface area contributed by atoms with Gasteiger partial charge in [0, 0.05) is 6.54 Å². The fraction of sp³-hybridized carbons (Fsp3) is 0.250. The molecule has 2 nitrogen and oxygen atoms in total. The molecule has 0 aliphatic carbocycles. The van der Waals surface area contributed by atoms with E-state index in [4.69, 9.17) is 5.84 Å². The average molecular weight is 154 g/mol. The fourth-order valence-electron chi connectivity index (χ4n) is 0.815. The molecule has 0 saturated carbocycles. The summed E-state index contributed by atoms with van der Waals surface area (Å²) in [5.41, 5.74) is 0.828. The number of hydrazine groups is 1. The number of rotatable bonds is 2. The summed E-state index contributed by atoms with van der Waals surface area (Å²) in [6.45, 7) is 2.65. The highest BCUT2D eigenvalue weighted by Crippen LogP contribution is 2.10. The molecular formula is C8H11FN2. The van der Waals surface area contributed by atoms with Crippen molar-refractivity contribution < 1.29 is 4.39 Å². The highest BCUT2D eigenvalue weighted by molar-refractivity contribution is 5.44. The third-order valence-electron chi connectivity index (χ3n) is 1.50. The van der Waals surface area contributed by atoms with Crippen LogP contribution in [0, 0.1) is 5.82 Å². The van der Waals surface area contributed by atoms with Crippen LogP contribution < -0.4 is 10.9 Å². The van der Waals surface area contributed by atoms with E-state index in [1.165, 1.54) is 12.1 Å². The minimum atomic E-state index is -0.238. The zero-order chi connectivity index (χ0) is 8.27. The normalized spacial score (nSPS) is 9.73. The van der Waals surface area contributed by atoms with Crippen molar-refractivity contribution in [1.29, 1.82) is 0 Å². The third-order valence-corrected chi connectivity index (χ3v) is 1.50. The lowest BCUT2D eigenvalue weighted by molar-refractivity contribution is 0.627. The van der Waals surface area contributed by atoms with Crippen molar-refractivity contribution in [2.45, 2.75) is 6.92 Å². The predicted octanol–water partition coefficient (Wildman–Crippen LogP) is 1.53. The number of anilines is 1. The first-order chi connectivity index (χ1) is 5.24. The Bertz CT molecular complexity index is 220. The summed E-state index contributed by atoms with van der Waals surface area (Å²) in [5.74, 6) is 5.32. The first-order valence-corrected chi connectivity index (χ1v) is 3.52. The highest BCUT2D eigenvalue weighted by atomic mass is 19.1. The van der Waals surface area contributed by atoms with Crippen molar-refractivity contribution in [2.75, 3.05) is 11.6 Å². The van der Waals surface area contributed by atoms with Crippen LogP contribution in [0.3, 0.4) is 0 Å². The van der Waals surface area contributed by atoms with Gasteiger partial charge in [-0.2, -0.15) is 0 Å². The van der Waals surface area contributed by atoms with Gasteiger partial charge in [-0.3, -0.25) is 0 Å². The number of nitrogens with zero attached hydrogens (tertiary/aromatic N) is 1. The van der Waals surface area contributed by atoms with Gasteiger partial charge in [-0.05, 0) is 31.2 Å². The Balaban J connectivity index is 2.81. The molecule has 0 radical (unpaired) electrons. The standard InChI is InChI=1S/C8H11FN2/c1-2-11(10)8-5-3-7(9)4-6-8/h3-6H,2,10H2,1H3. The van der Waals surface area contributed by atoms with E-state index in [9.17, 15) is 4.39 Å². The van der Waals surface area contributed by atoms with Gasteiger partial charge in [0.25, 0.3) is 0 Å². The van der Waals surface area contributed by atoms with Gasteiger partial charge in [-0.25, -0.2) is 10.2 Å². The molecule has 0 unspecified atom stereocenters. The lowest BCUT2D eigenvalue weighted by Crippen LogP contribution is -2.29. The van der Waals surface area contributed by atoms with Crippen LogP contribution in [0.5, 0.6) is 0 Å². The molecule has 1 aromatic rings. The van der Waals surface area contributed by atoms with Crippen LogP contribution in [-0.2, 0) is 0 Å². The Morgan fingerprint density at radius 2 is 1.91 bits per heavy atom. The zero-order valence-electron chi connectivity index (χ0n) is 6.42. The molecule has 0 aliphatic rings. The molecule has 1 aromatic carbocycles. The SMILES string of the molecule is CCN(N)c1ccc(F)cc1. The Kier molecular flexibility index (Phi) is 2.44. The van der Waals surface area contributed by atoms with Gasteiger partial charge in [0.15, 0.2) is 0 Å². The summed E-state index contributed by atoms with van der Waals surface area (Å²) in [6, 6.07) is 6.09. The number of hydrogen-bond acceptors (Lipinski definition) is 2. The molecule has 0 aliphatic heterocycles. The van der Waals surface area contributed by atoms with Gasteiger partial charge in [-0.1, -0.05) is 0 Å². The van der Waals surface area contributed by atoms with Crippen molar-refractivity contribution in [3.05, 3.63) is 30.1 Å². The third kappa shape index (κ3) is 1.91. The maximum absolute atomic E-state index is 12.4. The predicted molar refractivity (Wildman–Crippen MR) is 43.6 cm³/mol. The first-order valence-electron chi connectivity index (χ1n) is 3.52. The van der Waals surface area contributed by atoms with E-state index in [0.29, 0.717) is 6.54 Å². The zero-order valence-corrected chi connectivity index (χ0v) is 6.42. The molecule has 0 fully saturated rings. The van der Waals surface area contributed by atoms with Crippen LogP contribution in [0.1, 0.15) is 6.92 Å². The van der Waals surface area contributed by atoms with Crippen molar-refractivity contribution in [1.82, 2.24) is 0 Å². The maximum atomic E-state index is 12.4. The summed E-state index contributed by atoms with van der Waals surface area (Å²) in [6.07, 6.45) is 0. The second-order valence-electron chi connectivity index (χ2n) is 2.26. The van der Waals surface area contributed by atoms with E-state index < -0.39 is 0 Å².